The minimum atomic E-state index is -0.999. The Labute approximate surface area is 201 Å². The highest BCUT2D eigenvalue weighted by molar-refractivity contribution is 5.50. The Morgan fingerprint density at radius 1 is 0.794 bits per heavy atom. The van der Waals surface area contributed by atoms with Crippen LogP contribution in [-0.4, -0.2) is 27.7 Å². The van der Waals surface area contributed by atoms with Gasteiger partial charge in [0.2, 0.25) is 0 Å². The van der Waals surface area contributed by atoms with Gasteiger partial charge < -0.3 is 9.67 Å². The normalized spacial score (nSPS) is 15.2. The smallest absolute Gasteiger partial charge is 0.117 e. The van der Waals surface area contributed by atoms with Gasteiger partial charge in [0.1, 0.15) is 11.7 Å². The van der Waals surface area contributed by atoms with Crippen LogP contribution < -0.4 is 0 Å². The second kappa shape index (κ2) is 9.69. The SMILES string of the molecule is N#Cc1ccccc1-n1cccc1CN1CCC(C(O)(c2ccccc2)c2ccccc2)CC1. The molecule has 0 radical (unpaired) electrons. The van der Waals surface area contributed by atoms with Gasteiger partial charge in [-0.2, -0.15) is 5.26 Å². The second-order valence-electron chi connectivity index (χ2n) is 9.05. The Bertz CT molecular complexity index is 1230. The Morgan fingerprint density at radius 3 is 2.00 bits per heavy atom. The molecule has 3 aromatic carbocycles. The fourth-order valence-electron chi connectivity index (χ4n) is 5.32. The van der Waals surface area contributed by atoms with Crippen LogP contribution in [0, 0.1) is 17.2 Å². The largest absolute Gasteiger partial charge is 0.380 e. The van der Waals surface area contributed by atoms with E-state index in [2.05, 4.69) is 21.6 Å². The van der Waals surface area contributed by atoms with Crippen LogP contribution in [0.3, 0.4) is 0 Å². The summed E-state index contributed by atoms with van der Waals surface area (Å²) >= 11 is 0. The lowest BCUT2D eigenvalue weighted by atomic mass is 9.72. The van der Waals surface area contributed by atoms with Gasteiger partial charge >= 0.3 is 0 Å². The summed E-state index contributed by atoms with van der Waals surface area (Å²) in [6.45, 7) is 2.64. The van der Waals surface area contributed by atoms with E-state index in [1.165, 1.54) is 5.69 Å². The van der Waals surface area contributed by atoms with Crippen LogP contribution in [0.25, 0.3) is 5.69 Å². The predicted octanol–water partition coefficient (Wildman–Crippen LogP) is 5.50. The highest BCUT2D eigenvalue weighted by atomic mass is 16.3. The first-order valence-electron chi connectivity index (χ1n) is 11.9. The van der Waals surface area contributed by atoms with Crippen molar-refractivity contribution in [1.82, 2.24) is 9.47 Å². The average Bonchev–Trinajstić information content (AvgIpc) is 3.37. The first-order chi connectivity index (χ1) is 16.7. The van der Waals surface area contributed by atoms with Gasteiger partial charge in [0.05, 0.1) is 11.3 Å². The lowest BCUT2D eigenvalue weighted by Gasteiger charge is -2.42. The van der Waals surface area contributed by atoms with Gasteiger partial charge in [-0.25, -0.2) is 0 Å². The molecule has 4 nitrogen and oxygen atoms in total. The predicted molar refractivity (Wildman–Crippen MR) is 134 cm³/mol. The summed E-state index contributed by atoms with van der Waals surface area (Å²) in [5, 5.41) is 21.6. The first kappa shape index (κ1) is 22.2. The summed E-state index contributed by atoms with van der Waals surface area (Å²) in [6.07, 6.45) is 3.85. The van der Waals surface area contributed by atoms with Crippen molar-refractivity contribution in [3.8, 4) is 11.8 Å². The maximum absolute atomic E-state index is 12.1. The zero-order chi connectivity index (χ0) is 23.4. The number of likely N-dealkylation sites (tertiary alicyclic amines) is 1. The molecule has 0 saturated carbocycles. The highest BCUT2D eigenvalue weighted by Gasteiger charge is 2.41. The molecule has 4 heteroatoms. The lowest BCUT2D eigenvalue weighted by molar-refractivity contribution is -0.0154. The van der Waals surface area contributed by atoms with E-state index in [0.717, 1.165) is 49.3 Å². The van der Waals surface area contributed by atoms with Crippen LogP contribution in [0.4, 0.5) is 0 Å². The molecular weight excluding hydrogens is 418 g/mol. The van der Waals surface area contributed by atoms with Crippen LogP contribution in [0.2, 0.25) is 0 Å². The fourth-order valence-corrected chi connectivity index (χ4v) is 5.32. The summed E-state index contributed by atoms with van der Waals surface area (Å²) < 4.78 is 2.12. The Kier molecular flexibility index (Phi) is 6.31. The molecule has 0 atom stereocenters. The van der Waals surface area contributed by atoms with Crippen molar-refractivity contribution in [2.75, 3.05) is 13.1 Å². The van der Waals surface area contributed by atoms with E-state index in [1.54, 1.807) is 0 Å². The van der Waals surface area contributed by atoms with E-state index < -0.39 is 5.60 Å². The fraction of sp³-hybridized carbons (Fsp3) is 0.233. The molecule has 170 valence electrons. The molecule has 1 aromatic heterocycles. The average molecular weight is 448 g/mol. The maximum Gasteiger partial charge on any atom is 0.117 e. The Morgan fingerprint density at radius 2 is 1.38 bits per heavy atom. The Balaban J connectivity index is 1.35. The zero-order valence-electron chi connectivity index (χ0n) is 19.2. The Hall–Kier alpha value is -3.65. The topological polar surface area (TPSA) is 52.2 Å². The van der Waals surface area contributed by atoms with Crippen LogP contribution in [0.15, 0.2) is 103 Å². The van der Waals surface area contributed by atoms with Crippen molar-refractivity contribution in [2.45, 2.75) is 25.0 Å². The number of aliphatic hydroxyl groups is 1. The molecule has 0 bridgehead atoms. The number of hydrogen-bond donors (Lipinski definition) is 1. The van der Waals surface area contributed by atoms with Crippen molar-refractivity contribution < 1.29 is 5.11 Å². The molecule has 0 spiro atoms. The number of hydrogen-bond acceptors (Lipinski definition) is 3. The number of para-hydroxylation sites is 1. The number of piperidine rings is 1. The van der Waals surface area contributed by atoms with Crippen molar-refractivity contribution in [1.29, 1.82) is 5.26 Å². The summed E-state index contributed by atoms with van der Waals surface area (Å²) in [4.78, 5) is 2.45. The van der Waals surface area contributed by atoms with Gasteiger partial charge in [-0.1, -0.05) is 72.8 Å². The van der Waals surface area contributed by atoms with E-state index >= 15 is 0 Å². The maximum atomic E-state index is 12.1. The molecule has 0 amide bonds. The number of aromatic nitrogens is 1. The number of benzene rings is 3. The van der Waals surface area contributed by atoms with Crippen LogP contribution in [0.5, 0.6) is 0 Å². The van der Waals surface area contributed by atoms with Gasteiger partial charge in [-0.15, -0.1) is 0 Å². The third kappa shape index (κ3) is 4.17. The molecule has 34 heavy (non-hydrogen) atoms. The molecular formula is C30H29N3O. The number of nitriles is 1. The van der Waals surface area contributed by atoms with Crippen molar-refractivity contribution in [3.63, 3.8) is 0 Å². The van der Waals surface area contributed by atoms with E-state index in [0.29, 0.717) is 5.56 Å². The van der Waals surface area contributed by atoms with E-state index in [9.17, 15) is 10.4 Å². The van der Waals surface area contributed by atoms with Crippen molar-refractivity contribution in [2.24, 2.45) is 5.92 Å². The summed E-state index contributed by atoms with van der Waals surface area (Å²) in [5.41, 5.74) is 3.68. The van der Waals surface area contributed by atoms with Gasteiger partial charge in [0.15, 0.2) is 0 Å². The second-order valence-corrected chi connectivity index (χ2v) is 9.05. The molecule has 2 heterocycles. The summed E-state index contributed by atoms with van der Waals surface area (Å²) in [6, 6.07) is 34.4. The molecule has 4 aromatic rings. The quantitative estimate of drug-likeness (QED) is 0.425. The number of nitrogens with zero attached hydrogens (tertiary/aromatic N) is 3. The first-order valence-corrected chi connectivity index (χ1v) is 11.9. The van der Waals surface area contributed by atoms with Gasteiger partial charge in [0, 0.05) is 18.4 Å². The monoisotopic (exact) mass is 447 g/mol. The van der Waals surface area contributed by atoms with E-state index in [1.807, 2.05) is 97.2 Å². The highest BCUT2D eigenvalue weighted by Crippen LogP contribution is 2.42. The van der Waals surface area contributed by atoms with Gasteiger partial charge in [-0.05, 0) is 67.2 Å². The van der Waals surface area contributed by atoms with Crippen LogP contribution >= 0.6 is 0 Å². The zero-order valence-corrected chi connectivity index (χ0v) is 19.2. The third-order valence-corrected chi connectivity index (χ3v) is 7.11. The third-order valence-electron chi connectivity index (χ3n) is 7.11. The van der Waals surface area contributed by atoms with Crippen LogP contribution in [0.1, 0.15) is 35.2 Å². The van der Waals surface area contributed by atoms with E-state index in [4.69, 9.17) is 0 Å². The standard InChI is InChI=1S/C30H29N3O/c31-22-24-10-7-8-16-29(24)33-19-9-15-28(33)23-32-20-17-27(18-21-32)30(34,25-11-3-1-4-12-25)26-13-5-2-6-14-26/h1-16,19,27,34H,17-18,20-21,23H2. The van der Waals surface area contributed by atoms with Gasteiger partial charge in [-0.3, -0.25) is 4.90 Å². The molecule has 1 fully saturated rings. The minimum Gasteiger partial charge on any atom is -0.380 e. The van der Waals surface area contributed by atoms with E-state index in [-0.39, 0.29) is 5.92 Å². The minimum absolute atomic E-state index is 0.139. The molecule has 1 aliphatic rings. The molecule has 1 saturated heterocycles. The van der Waals surface area contributed by atoms with Crippen molar-refractivity contribution in [3.05, 3.63) is 126 Å². The number of rotatable bonds is 6. The van der Waals surface area contributed by atoms with Gasteiger partial charge in [0.25, 0.3) is 0 Å². The molecule has 0 aliphatic carbocycles. The molecule has 0 unspecified atom stereocenters. The molecule has 1 aliphatic heterocycles. The molecule has 1 N–H and O–H groups in total. The van der Waals surface area contributed by atoms with Crippen LogP contribution in [-0.2, 0) is 12.1 Å². The molecule has 5 rings (SSSR count). The summed E-state index contributed by atoms with van der Waals surface area (Å²) in [5.74, 6) is 0.139. The van der Waals surface area contributed by atoms with Crippen molar-refractivity contribution >= 4 is 0 Å². The summed E-state index contributed by atoms with van der Waals surface area (Å²) in [7, 11) is 0. The lowest BCUT2D eigenvalue weighted by Crippen LogP contribution is -2.44.